The minimum atomic E-state index is -1.30. The summed E-state index contributed by atoms with van der Waals surface area (Å²) < 4.78 is 22.3. The Bertz CT molecular complexity index is 762. The summed E-state index contributed by atoms with van der Waals surface area (Å²) in [5.41, 5.74) is 0. The van der Waals surface area contributed by atoms with Crippen LogP contribution in [0.3, 0.4) is 0 Å². The molecule has 3 atom stereocenters. The van der Waals surface area contributed by atoms with Gasteiger partial charge in [0.1, 0.15) is 18.1 Å². The summed E-state index contributed by atoms with van der Waals surface area (Å²) in [6.45, 7) is 5.13. The van der Waals surface area contributed by atoms with Crippen LogP contribution in [-0.2, 0) is 30.2 Å². The number of aryl methyl sites for hydroxylation is 1. The quantitative estimate of drug-likeness (QED) is 0.393. The van der Waals surface area contributed by atoms with Crippen LogP contribution in [0, 0.1) is 5.92 Å². The Morgan fingerprint density at radius 1 is 1.37 bits per heavy atom. The van der Waals surface area contributed by atoms with Crippen molar-refractivity contribution in [3.63, 3.8) is 0 Å². The summed E-state index contributed by atoms with van der Waals surface area (Å²) >= 11 is 3.41. The van der Waals surface area contributed by atoms with Gasteiger partial charge in [-0.25, -0.2) is 9.69 Å². The summed E-state index contributed by atoms with van der Waals surface area (Å²) in [7, 11) is 1.30. The van der Waals surface area contributed by atoms with Crippen molar-refractivity contribution in [2.75, 3.05) is 20.3 Å². The van der Waals surface area contributed by atoms with Crippen molar-refractivity contribution in [2.24, 2.45) is 5.92 Å². The first-order chi connectivity index (χ1) is 14.2. The van der Waals surface area contributed by atoms with E-state index in [1.165, 1.54) is 14.0 Å². The van der Waals surface area contributed by atoms with Crippen LogP contribution in [0.15, 0.2) is 15.0 Å². The molecule has 1 aromatic heterocycles. The number of esters is 1. The number of imide groups is 1. The van der Waals surface area contributed by atoms with E-state index >= 15 is 0 Å². The van der Waals surface area contributed by atoms with E-state index in [1.807, 2.05) is 13.8 Å². The summed E-state index contributed by atoms with van der Waals surface area (Å²) in [5.74, 6) is -0.516. The van der Waals surface area contributed by atoms with Crippen molar-refractivity contribution < 1.29 is 38.1 Å². The largest absolute Gasteiger partial charge is 0.461 e. The maximum absolute atomic E-state index is 13.2. The summed E-state index contributed by atoms with van der Waals surface area (Å²) in [6, 6.07) is 1.17. The van der Waals surface area contributed by atoms with E-state index in [2.05, 4.69) is 15.9 Å². The molecule has 0 bridgehead atoms. The lowest BCUT2D eigenvalue weighted by molar-refractivity contribution is -0.164. The molecule has 1 fully saturated rings. The molecular weight excluding hydrogens is 462 g/mol. The van der Waals surface area contributed by atoms with Crippen LogP contribution in [0.4, 0.5) is 4.79 Å². The lowest BCUT2D eigenvalue weighted by Gasteiger charge is -2.29. The van der Waals surface area contributed by atoms with Gasteiger partial charge >= 0.3 is 12.1 Å². The van der Waals surface area contributed by atoms with Gasteiger partial charge < -0.3 is 23.7 Å². The first-order valence-corrected chi connectivity index (χ1v) is 10.6. The van der Waals surface area contributed by atoms with Gasteiger partial charge in [-0.2, -0.15) is 0 Å². The van der Waals surface area contributed by atoms with Gasteiger partial charge in [0.2, 0.25) is 0 Å². The van der Waals surface area contributed by atoms with E-state index in [1.54, 1.807) is 6.07 Å². The molecule has 168 valence electrons. The van der Waals surface area contributed by atoms with Gasteiger partial charge in [0, 0.05) is 27.1 Å². The summed E-state index contributed by atoms with van der Waals surface area (Å²) in [4.78, 5) is 38.2. The molecule has 2 heterocycles. The fourth-order valence-electron chi connectivity index (χ4n) is 3.25. The number of amides is 2. The number of nitrogens with zero attached hydrogens (tertiary/aromatic N) is 1. The lowest BCUT2D eigenvalue weighted by Crippen LogP contribution is -2.49. The Morgan fingerprint density at radius 2 is 2.07 bits per heavy atom. The number of carbonyl (C=O) groups excluding carboxylic acids is 3. The Hall–Kier alpha value is -1.91. The number of aliphatic hydroxyl groups excluding tert-OH is 1. The molecular formula is C20H28BrNO8. The van der Waals surface area contributed by atoms with Gasteiger partial charge in [-0.15, -0.1) is 0 Å². The SMILES string of the molecule is COC(C(=O)N1C(=O)OCC1C(C)C)C(OC(C)=O)c1cc(Br)c(CCCCO)o1. The number of furan rings is 1. The van der Waals surface area contributed by atoms with Crippen molar-refractivity contribution in [1.82, 2.24) is 4.90 Å². The number of aliphatic hydroxyl groups is 1. The molecule has 0 aliphatic carbocycles. The van der Waals surface area contributed by atoms with Crippen LogP contribution >= 0.6 is 15.9 Å². The Kier molecular flexibility index (Phi) is 8.87. The maximum atomic E-state index is 13.2. The van der Waals surface area contributed by atoms with Crippen molar-refractivity contribution >= 4 is 33.9 Å². The van der Waals surface area contributed by atoms with Gasteiger partial charge in [0.25, 0.3) is 5.91 Å². The number of carbonyl (C=O) groups is 3. The van der Waals surface area contributed by atoms with Crippen LogP contribution in [0.2, 0.25) is 0 Å². The van der Waals surface area contributed by atoms with Crippen molar-refractivity contribution in [3.05, 3.63) is 22.1 Å². The number of hydrogen-bond donors (Lipinski definition) is 1. The van der Waals surface area contributed by atoms with Crippen molar-refractivity contribution in [3.8, 4) is 0 Å². The molecule has 1 aliphatic rings. The number of halogens is 1. The van der Waals surface area contributed by atoms with Gasteiger partial charge in [-0.1, -0.05) is 13.8 Å². The second kappa shape index (κ2) is 10.9. The van der Waals surface area contributed by atoms with Gasteiger partial charge in [0.05, 0.1) is 10.5 Å². The Labute approximate surface area is 183 Å². The first kappa shape index (κ1) is 24.4. The van der Waals surface area contributed by atoms with E-state index in [-0.39, 0.29) is 24.9 Å². The van der Waals surface area contributed by atoms with E-state index in [4.69, 9.17) is 23.7 Å². The highest BCUT2D eigenvalue weighted by Crippen LogP contribution is 2.33. The molecule has 0 radical (unpaired) electrons. The topological polar surface area (TPSA) is 116 Å². The van der Waals surface area contributed by atoms with Crippen LogP contribution in [0.1, 0.15) is 51.2 Å². The molecule has 1 saturated heterocycles. The molecule has 10 heteroatoms. The molecule has 9 nitrogen and oxygen atoms in total. The lowest BCUT2D eigenvalue weighted by atomic mass is 10.0. The van der Waals surface area contributed by atoms with Crippen LogP contribution in [0.25, 0.3) is 0 Å². The fourth-order valence-corrected chi connectivity index (χ4v) is 3.76. The fraction of sp³-hybridized carbons (Fsp3) is 0.650. The molecule has 0 aromatic carbocycles. The van der Waals surface area contributed by atoms with E-state index in [0.717, 1.165) is 4.90 Å². The minimum absolute atomic E-state index is 0.0269. The monoisotopic (exact) mass is 489 g/mol. The average Bonchev–Trinajstić information content (AvgIpc) is 3.24. The number of unbranched alkanes of at least 4 members (excludes halogenated alkanes) is 1. The Morgan fingerprint density at radius 3 is 2.63 bits per heavy atom. The zero-order valence-corrected chi connectivity index (χ0v) is 19.1. The highest BCUT2D eigenvalue weighted by atomic mass is 79.9. The molecule has 0 saturated carbocycles. The number of hydrogen-bond acceptors (Lipinski definition) is 8. The number of rotatable bonds is 10. The third kappa shape index (κ3) is 5.61. The van der Waals surface area contributed by atoms with E-state index in [9.17, 15) is 14.4 Å². The molecule has 2 amide bonds. The van der Waals surface area contributed by atoms with Crippen molar-refractivity contribution in [2.45, 2.75) is 58.3 Å². The molecule has 3 unspecified atom stereocenters. The zero-order valence-electron chi connectivity index (χ0n) is 17.6. The van der Waals surface area contributed by atoms with E-state index in [0.29, 0.717) is 29.5 Å². The van der Waals surface area contributed by atoms with Crippen LogP contribution < -0.4 is 0 Å². The Balaban J connectivity index is 2.34. The molecule has 1 aliphatic heterocycles. The number of ether oxygens (including phenoxy) is 3. The number of methoxy groups -OCH3 is 1. The molecule has 1 aromatic rings. The van der Waals surface area contributed by atoms with Gasteiger partial charge in [-0.3, -0.25) is 9.59 Å². The number of cyclic esters (lactones) is 1. The van der Waals surface area contributed by atoms with Gasteiger partial charge in [-0.05, 0) is 40.8 Å². The third-order valence-corrected chi connectivity index (χ3v) is 5.52. The third-order valence-electron chi connectivity index (χ3n) is 4.85. The predicted molar refractivity (Wildman–Crippen MR) is 109 cm³/mol. The first-order valence-electron chi connectivity index (χ1n) is 9.80. The van der Waals surface area contributed by atoms with Crippen molar-refractivity contribution in [1.29, 1.82) is 0 Å². The average molecular weight is 490 g/mol. The minimum Gasteiger partial charge on any atom is -0.461 e. The highest BCUT2D eigenvalue weighted by Gasteiger charge is 2.46. The predicted octanol–water partition coefficient (Wildman–Crippen LogP) is 2.98. The van der Waals surface area contributed by atoms with Crippen LogP contribution in [-0.4, -0.2) is 60.4 Å². The van der Waals surface area contributed by atoms with E-state index < -0.39 is 36.2 Å². The highest BCUT2D eigenvalue weighted by molar-refractivity contribution is 9.10. The second-order valence-electron chi connectivity index (χ2n) is 7.38. The molecule has 1 N–H and O–H groups in total. The summed E-state index contributed by atoms with van der Waals surface area (Å²) in [6.07, 6.45) is -1.39. The normalized spacial score (nSPS) is 18.4. The zero-order chi connectivity index (χ0) is 22.4. The summed E-state index contributed by atoms with van der Waals surface area (Å²) in [5, 5.41) is 8.96. The van der Waals surface area contributed by atoms with Gasteiger partial charge in [0.15, 0.2) is 12.2 Å². The molecule has 30 heavy (non-hydrogen) atoms. The molecule has 0 spiro atoms. The second-order valence-corrected chi connectivity index (χ2v) is 8.24. The standard InChI is InChI=1S/C20H28BrNO8/c1-11(2)14-10-28-20(26)22(14)19(25)18(27-4)17(29-12(3)24)16-9-13(21)15(30-16)7-5-6-8-23/h9,11,14,17-18,23H,5-8,10H2,1-4H3. The van der Waals surface area contributed by atoms with Crippen LogP contribution in [0.5, 0.6) is 0 Å². The molecule has 2 rings (SSSR count). The maximum Gasteiger partial charge on any atom is 0.417 e. The smallest absolute Gasteiger partial charge is 0.417 e.